The Morgan fingerprint density at radius 1 is 0.909 bits per heavy atom. The summed E-state index contributed by atoms with van der Waals surface area (Å²) in [6.45, 7) is 0. The molecule has 7 nitrogen and oxygen atoms in total. The van der Waals surface area contributed by atoms with Gasteiger partial charge in [0.05, 0.1) is 21.4 Å². The highest BCUT2D eigenvalue weighted by atomic mass is 35.5. The summed E-state index contributed by atoms with van der Waals surface area (Å²) in [5, 5.41) is 22.0. The third-order valence-corrected chi connectivity index (χ3v) is 6.10. The molecule has 10 heteroatoms. The third-order valence-electron chi connectivity index (χ3n) is 5.26. The van der Waals surface area contributed by atoms with E-state index in [1.54, 1.807) is 42.5 Å². The summed E-state index contributed by atoms with van der Waals surface area (Å²) in [4.78, 5) is 7.19. The predicted octanol–water partition coefficient (Wildman–Crippen LogP) is 5.27. The lowest BCUT2D eigenvalue weighted by Gasteiger charge is -2.08. The molecule has 0 unspecified atom stereocenters. The fourth-order valence-corrected chi connectivity index (χ4v) is 4.29. The zero-order chi connectivity index (χ0) is 22.6. The number of H-pyrrole nitrogens is 1. The van der Waals surface area contributed by atoms with E-state index in [4.69, 9.17) is 0 Å². The van der Waals surface area contributed by atoms with E-state index in [9.17, 15) is 27.6 Å². The average Bonchev–Trinajstić information content (AvgIpc) is 3.18. The van der Waals surface area contributed by atoms with Gasteiger partial charge in [-0.2, -0.15) is 8.42 Å². The number of rotatable bonds is 3. The van der Waals surface area contributed by atoms with Crippen LogP contribution >= 0.6 is 12.4 Å². The largest absolute Gasteiger partial charge is 0.507 e. The van der Waals surface area contributed by atoms with Gasteiger partial charge in [-0.1, -0.05) is 30.3 Å². The molecule has 5 rings (SSSR count). The molecule has 1 heterocycles. The Morgan fingerprint density at radius 3 is 2.30 bits per heavy atom. The quantitative estimate of drug-likeness (QED) is 0.258. The SMILES string of the molecule is Cl.O=S(=O)(O)c1cc(O)c2c(ccc3[nH]c(-c4cccc(-c5ccc(F)cc5)c4O)nc32)c1. The van der Waals surface area contributed by atoms with Crippen molar-refractivity contribution in [1.82, 2.24) is 9.97 Å². The van der Waals surface area contributed by atoms with Crippen molar-refractivity contribution < 1.29 is 27.6 Å². The highest BCUT2D eigenvalue weighted by Crippen LogP contribution is 2.39. The summed E-state index contributed by atoms with van der Waals surface area (Å²) in [5.74, 6) is -0.471. The molecule has 0 spiro atoms. The molecule has 0 saturated carbocycles. The maximum Gasteiger partial charge on any atom is 0.294 e. The Bertz CT molecular complexity index is 1630. The highest BCUT2D eigenvalue weighted by Gasteiger charge is 2.19. The van der Waals surface area contributed by atoms with Crippen LogP contribution in [-0.4, -0.2) is 33.2 Å². The van der Waals surface area contributed by atoms with Crippen molar-refractivity contribution in [1.29, 1.82) is 0 Å². The van der Waals surface area contributed by atoms with Crippen LogP contribution in [0.4, 0.5) is 4.39 Å². The van der Waals surface area contributed by atoms with E-state index in [1.165, 1.54) is 18.2 Å². The first-order valence-corrected chi connectivity index (χ1v) is 10.9. The van der Waals surface area contributed by atoms with Crippen molar-refractivity contribution >= 4 is 44.3 Å². The molecule has 0 fully saturated rings. The topological polar surface area (TPSA) is 124 Å². The molecule has 5 aromatic rings. The van der Waals surface area contributed by atoms with Crippen LogP contribution < -0.4 is 0 Å². The van der Waals surface area contributed by atoms with Crippen molar-refractivity contribution in [3.63, 3.8) is 0 Å². The Labute approximate surface area is 193 Å². The number of hydrogen-bond donors (Lipinski definition) is 4. The molecule has 168 valence electrons. The van der Waals surface area contributed by atoms with Crippen molar-refractivity contribution in [2.45, 2.75) is 4.90 Å². The Balaban J connectivity index is 0.00000259. The summed E-state index contributed by atoms with van der Waals surface area (Å²) < 4.78 is 45.5. The van der Waals surface area contributed by atoms with Crippen LogP contribution in [0.1, 0.15) is 0 Å². The number of nitrogens with one attached hydrogen (secondary N) is 1. The number of halogens is 2. The van der Waals surface area contributed by atoms with Gasteiger partial charge in [-0.05, 0) is 41.3 Å². The number of para-hydroxylation sites is 1. The van der Waals surface area contributed by atoms with Gasteiger partial charge in [0.1, 0.15) is 28.7 Å². The van der Waals surface area contributed by atoms with E-state index in [-0.39, 0.29) is 29.7 Å². The summed E-state index contributed by atoms with van der Waals surface area (Å²) in [6, 6.07) is 16.3. The molecule has 4 aromatic carbocycles. The first-order valence-electron chi connectivity index (χ1n) is 9.43. The standard InChI is InChI=1S/C23H15FN2O5S.ClH/c24-14-7-4-12(5-8-14)16-2-1-3-17(22(16)28)23-25-18-9-6-13-10-15(32(29,30)31)11-19(27)20(13)21(18)26-23;/h1-11,27-28H,(H,25,26)(H,29,30,31);1H. The molecule has 0 bridgehead atoms. The highest BCUT2D eigenvalue weighted by molar-refractivity contribution is 7.85. The van der Waals surface area contributed by atoms with Crippen LogP contribution in [0.2, 0.25) is 0 Å². The van der Waals surface area contributed by atoms with Gasteiger partial charge < -0.3 is 15.2 Å². The van der Waals surface area contributed by atoms with Gasteiger partial charge >= 0.3 is 0 Å². The number of hydrogen-bond acceptors (Lipinski definition) is 5. The number of imidazole rings is 1. The van der Waals surface area contributed by atoms with Gasteiger partial charge in [0.2, 0.25) is 0 Å². The van der Waals surface area contributed by atoms with Crippen LogP contribution in [0.25, 0.3) is 44.3 Å². The van der Waals surface area contributed by atoms with E-state index < -0.39 is 15.0 Å². The molecule has 0 aliphatic heterocycles. The van der Waals surface area contributed by atoms with Crippen molar-refractivity contribution in [2.75, 3.05) is 0 Å². The van der Waals surface area contributed by atoms with Gasteiger partial charge in [-0.25, -0.2) is 9.37 Å². The molecule has 1 aromatic heterocycles. The lowest BCUT2D eigenvalue weighted by atomic mass is 10.0. The average molecular weight is 487 g/mol. The minimum absolute atomic E-state index is 0. The van der Waals surface area contributed by atoms with Crippen LogP contribution in [0.15, 0.2) is 71.6 Å². The number of aromatic nitrogens is 2. The fraction of sp³-hybridized carbons (Fsp3) is 0. The van der Waals surface area contributed by atoms with E-state index in [1.807, 2.05) is 0 Å². The lowest BCUT2D eigenvalue weighted by molar-refractivity contribution is 0.471. The molecule has 4 N–H and O–H groups in total. The minimum Gasteiger partial charge on any atom is -0.507 e. The first-order chi connectivity index (χ1) is 15.2. The molecular weight excluding hydrogens is 471 g/mol. The molecule has 0 atom stereocenters. The monoisotopic (exact) mass is 486 g/mol. The second-order valence-electron chi connectivity index (χ2n) is 7.27. The predicted molar refractivity (Wildman–Crippen MR) is 125 cm³/mol. The maximum absolute atomic E-state index is 13.3. The molecule has 0 radical (unpaired) electrons. The summed E-state index contributed by atoms with van der Waals surface area (Å²) in [7, 11) is -4.49. The number of aromatic hydroxyl groups is 2. The second-order valence-corrected chi connectivity index (χ2v) is 8.69. The van der Waals surface area contributed by atoms with Crippen molar-refractivity contribution in [2.24, 2.45) is 0 Å². The van der Waals surface area contributed by atoms with Crippen LogP contribution in [-0.2, 0) is 10.1 Å². The van der Waals surface area contributed by atoms with E-state index in [0.717, 1.165) is 6.07 Å². The number of nitrogens with zero attached hydrogens (tertiary/aromatic N) is 1. The van der Waals surface area contributed by atoms with E-state index in [2.05, 4.69) is 9.97 Å². The zero-order valence-electron chi connectivity index (χ0n) is 16.7. The number of aromatic amines is 1. The molecule has 0 aliphatic rings. The van der Waals surface area contributed by atoms with Crippen LogP contribution in [0.5, 0.6) is 11.5 Å². The van der Waals surface area contributed by atoms with Gasteiger partial charge in [0.15, 0.2) is 0 Å². The first kappa shape index (κ1) is 22.5. The summed E-state index contributed by atoms with van der Waals surface area (Å²) in [5.41, 5.74) is 2.43. The normalized spacial score (nSPS) is 11.6. The van der Waals surface area contributed by atoms with E-state index >= 15 is 0 Å². The van der Waals surface area contributed by atoms with E-state index in [0.29, 0.717) is 44.3 Å². The molecule has 0 aliphatic carbocycles. The Hall–Kier alpha value is -3.66. The van der Waals surface area contributed by atoms with Gasteiger partial charge in [0.25, 0.3) is 10.1 Å². The van der Waals surface area contributed by atoms with Crippen molar-refractivity contribution in [3.8, 4) is 34.0 Å². The third kappa shape index (κ3) is 3.86. The van der Waals surface area contributed by atoms with Crippen molar-refractivity contribution in [3.05, 3.63) is 72.5 Å². The zero-order valence-corrected chi connectivity index (χ0v) is 18.3. The number of benzene rings is 4. The van der Waals surface area contributed by atoms with Crippen LogP contribution in [0, 0.1) is 5.82 Å². The number of phenolic OH excluding ortho intramolecular Hbond substituents is 2. The lowest BCUT2D eigenvalue weighted by Crippen LogP contribution is -1.97. The summed E-state index contributed by atoms with van der Waals surface area (Å²) >= 11 is 0. The molecule has 0 saturated heterocycles. The summed E-state index contributed by atoms with van der Waals surface area (Å²) in [6.07, 6.45) is 0. The minimum atomic E-state index is -4.49. The smallest absolute Gasteiger partial charge is 0.294 e. The number of phenols is 2. The molecular formula is C23H16ClFN2O5S. The van der Waals surface area contributed by atoms with Gasteiger partial charge in [-0.15, -0.1) is 12.4 Å². The number of fused-ring (bicyclic) bond motifs is 3. The molecule has 33 heavy (non-hydrogen) atoms. The maximum atomic E-state index is 13.3. The van der Waals surface area contributed by atoms with Crippen LogP contribution in [0.3, 0.4) is 0 Å². The van der Waals surface area contributed by atoms with Gasteiger partial charge in [-0.3, -0.25) is 4.55 Å². The Kier molecular flexibility index (Phi) is 5.49. The second kappa shape index (κ2) is 8.04. The molecule has 0 amide bonds. The Morgan fingerprint density at radius 2 is 1.61 bits per heavy atom. The van der Waals surface area contributed by atoms with Gasteiger partial charge in [0, 0.05) is 11.6 Å². The fourth-order valence-electron chi connectivity index (χ4n) is 3.76.